The summed E-state index contributed by atoms with van der Waals surface area (Å²) in [6.07, 6.45) is 1.51. The summed E-state index contributed by atoms with van der Waals surface area (Å²) in [6.45, 7) is 8.11. The summed E-state index contributed by atoms with van der Waals surface area (Å²) in [5, 5.41) is 0. The maximum atomic E-state index is 13.0. The molecule has 9 heteroatoms. The molecular weight excluding hydrogens is 470 g/mol. The smallest absolute Gasteiger partial charge is 0.275 e. The summed E-state index contributed by atoms with van der Waals surface area (Å²) in [4.78, 5) is 26.4. The van der Waals surface area contributed by atoms with E-state index in [9.17, 15) is 4.79 Å². The van der Waals surface area contributed by atoms with Gasteiger partial charge in [0.05, 0.1) is 20.8 Å². The van der Waals surface area contributed by atoms with Crippen molar-refractivity contribution in [3.05, 3.63) is 71.9 Å². The highest BCUT2D eigenvalue weighted by Crippen LogP contribution is 2.26. The third kappa shape index (κ3) is 6.06. The standard InChI is InChI=1S/C28H35N5O4/c1-35-24-9-8-22(26(18-24)36-2)19-30-10-12-31(13-11-30)20-27-29-25(21-37-27)28(34)33-16-14-32(15-17-33)23-6-4-3-5-7-23/h3-9,18,21H,10-17,19-20H2,1-2H3. The predicted molar refractivity (Wildman–Crippen MR) is 141 cm³/mol. The van der Waals surface area contributed by atoms with E-state index in [-0.39, 0.29) is 5.91 Å². The number of carbonyl (C=O) groups is 1. The van der Waals surface area contributed by atoms with E-state index in [1.54, 1.807) is 14.2 Å². The number of aromatic nitrogens is 1. The van der Waals surface area contributed by atoms with Crippen LogP contribution < -0.4 is 14.4 Å². The topological polar surface area (TPSA) is 74.5 Å². The molecule has 2 aliphatic rings. The molecule has 3 heterocycles. The number of ether oxygens (including phenoxy) is 2. The maximum absolute atomic E-state index is 13.0. The Morgan fingerprint density at radius 2 is 1.57 bits per heavy atom. The molecule has 0 atom stereocenters. The molecule has 0 unspecified atom stereocenters. The first-order chi connectivity index (χ1) is 18.1. The number of anilines is 1. The fraction of sp³-hybridized carbons (Fsp3) is 0.429. The lowest BCUT2D eigenvalue weighted by molar-refractivity contribution is 0.0740. The third-order valence-corrected chi connectivity index (χ3v) is 7.17. The second kappa shape index (κ2) is 11.7. The van der Waals surface area contributed by atoms with Crippen LogP contribution >= 0.6 is 0 Å². The lowest BCUT2D eigenvalue weighted by atomic mass is 10.1. The zero-order valence-electron chi connectivity index (χ0n) is 21.6. The van der Waals surface area contributed by atoms with E-state index in [0.29, 0.717) is 31.2 Å². The zero-order valence-corrected chi connectivity index (χ0v) is 21.6. The predicted octanol–water partition coefficient (Wildman–Crippen LogP) is 2.97. The van der Waals surface area contributed by atoms with Crippen LogP contribution in [-0.4, -0.2) is 92.2 Å². The van der Waals surface area contributed by atoms with Crippen molar-refractivity contribution in [3.8, 4) is 11.5 Å². The molecule has 0 aliphatic carbocycles. The van der Waals surface area contributed by atoms with Gasteiger partial charge in [-0.3, -0.25) is 14.6 Å². The number of methoxy groups -OCH3 is 2. The molecule has 2 aromatic carbocycles. The number of rotatable bonds is 8. The molecule has 3 aromatic rings. The fourth-order valence-electron chi connectivity index (χ4n) is 4.97. The molecule has 0 radical (unpaired) electrons. The molecule has 0 spiro atoms. The first-order valence-electron chi connectivity index (χ1n) is 12.8. The van der Waals surface area contributed by atoms with Gasteiger partial charge in [0.1, 0.15) is 17.8 Å². The maximum Gasteiger partial charge on any atom is 0.275 e. The van der Waals surface area contributed by atoms with Crippen LogP contribution in [0.3, 0.4) is 0 Å². The summed E-state index contributed by atoms with van der Waals surface area (Å²) in [5.74, 6) is 2.18. The molecule has 0 saturated carbocycles. The van der Waals surface area contributed by atoms with Crippen LogP contribution in [0.25, 0.3) is 0 Å². The molecular formula is C28H35N5O4. The van der Waals surface area contributed by atoms with Crippen molar-refractivity contribution in [1.82, 2.24) is 19.7 Å². The van der Waals surface area contributed by atoms with E-state index in [1.807, 2.05) is 35.2 Å². The van der Waals surface area contributed by atoms with Gasteiger partial charge in [-0.15, -0.1) is 0 Å². The molecule has 2 saturated heterocycles. The Kier molecular flexibility index (Phi) is 7.91. The van der Waals surface area contributed by atoms with Crippen molar-refractivity contribution in [2.45, 2.75) is 13.1 Å². The second-order valence-corrected chi connectivity index (χ2v) is 9.47. The van der Waals surface area contributed by atoms with Crippen LogP contribution in [0.2, 0.25) is 0 Å². The minimum atomic E-state index is -0.0547. The van der Waals surface area contributed by atoms with E-state index >= 15 is 0 Å². The number of nitrogens with zero attached hydrogens (tertiary/aromatic N) is 5. The largest absolute Gasteiger partial charge is 0.497 e. The Bertz CT molecular complexity index is 1170. The minimum Gasteiger partial charge on any atom is -0.497 e. The first kappa shape index (κ1) is 25.1. The van der Waals surface area contributed by atoms with Gasteiger partial charge in [0, 0.05) is 76.2 Å². The molecule has 2 fully saturated rings. The van der Waals surface area contributed by atoms with E-state index < -0.39 is 0 Å². The van der Waals surface area contributed by atoms with Gasteiger partial charge in [-0.1, -0.05) is 24.3 Å². The Morgan fingerprint density at radius 1 is 0.865 bits per heavy atom. The molecule has 0 N–H and O–H groups in total. The van der Waals surface area contributed by atoms with Gasteiger partial charge in [-0.05, 0) is 18.2 Å². The van der Waals surface area contributed by atoms with E-state index in [4.69, 9.17) is 13.9 Å². The highest BCUT2D eigenvalue weighted by Gasteiger charge is 2.26. The summed E-state index contributed by atoms with van der Waals surface area (Å²) >= 11 is 0. The number of amides is 1. The van der Waals surface area contributed by atoms with Crippen molar-refractivity contribution in [2.75, 3.05) is 71.5 Å². The van der Waals surface area contributed by atoms with Crippen molar-refractivity contribution in [1.29, 1.82) is 0 Å². The number of carbonyl (C=O) groups excluding carboxylic acids is 1. The Balaban J connectivity index is 1.09. The number of benzene rings is 2. The molecule has 196 valence electrons. The van der Waals surface area contributed by atoms with Crippen LogP contribution in [0.4, 0.5) is 5.69 Å². The van der Waals surface area contributed by atoms with Gasteiger partial charge >= 0.3 is 0 Å². The van der Waals surface area contributed by atoms with E-state index in [2.05, 4.69) is 37.9 Å². The molecule has 0 bridgehead atoms. The number of hydrogen-bond donors (Lipinski definition) is 0. The lowest BCUT2D eigenvalue weighted by Gasteiger charge is -2.35. The fourth-order valence-corrected chi connectivity index (χ4v) is 4.97. The van der Waals surface area contributed by atoms with E-state index in [0.717, 1.165) is 62.9 Å². The number of oxazole rings is 1. The Labute approximate surface area is 218 Å². The average Bonchev–Trinajstić information content (AvgIpc) is 3.43. The van der Waals surface area contributed by atoms with Crippen LogP contribution in [0.5, 0.6) is 11.5 Å². The monoisotopic (exact) mass is 505 g/mol. The quantitative estimate of drug-likeness (QED) is 0.463. The number of hydrogen-bond acceptors (Lipinski definition) is 8. The van der Waals surface area contributed by atoms with Crippen molar-refractivity contribution in [2.24, 2.45) is 0 Å². The molecule has 1 amide bonds. The van der Waals surface area contributed by atoms with Gasteiger partial charge in [0.2, 0.25) is 5.89 Å². The first-order valence-corrected chi connectivity index (χ1v) is 12.8. The molecule has 37 heavy (non-hydrogen) atoms. The average molecular weight is 506 g/mol. The SMILES string of the molecule is COc1ccc(CN2CCN(Cc3nc(C(=O)N4CCN(c5ccccc5)CC4)co3)CC2)c(OC)c1. The van der Waals surface area contributed by atoms with Crippen molar-refractivity contribution < 1.29 is 18.7 Å². The summed E-state index contributed by atoms with van der Waals surface area (Å²) < 4.78 is 16.5. The van der Waals surface area contributed by atoms with Gasteiger partial charge in [-0.2, -0.15) is 0 Å². The summed E-state index contributed by atoms with van der Waals surface area (Å²) in [7, 11) is 3.35. The van der Waals surface area contributed by atoms with Gasteiger partial charge in [-0.25, -0.2) is 4.98 Å². The van der Waals surface area contributed by atoms with E-state index in [1.165, 1.54) is 12.0 Å². The van der Waals surface area contributed by atoms with Crippen LogP contribution in [0.1, 0.15) is 21.9 Å². The van der Waals surface area contributed by atoms with Gasteiger partial charge < -0.3 is 23.7 Å². The van der Waals surface area contributed by atoms with Crippen LogP contribution in [0, 0.1) is 0 Å². The summed E-state index contributed by atoms with van der Waals surface area (Å²) in [6, 6.07) is 16.3. The van der Waals surface area contributed by atoms with Crippen molar-refractivity contribution in [3.63, 3.8) is 0 Å². The Hall–Kier alpha value is -3.56. The number of piperazine rings is 2. The van der Waals surface area contributed by atoms with Gasteiger partial charge in [0.15, 0.2) is 5.69 Å². The molecule has 2 aliphatic heterocycles. The normalized spacial score (nSPS) is 17.1. The molecule has 9 nitrogen and oxygen atoms in total. The highest BCUT2D eigenvalue weighted by atomic mass is 16.5. The second-order valence-electron chi connectivity index (χ2n) is 9.47. The Morgan fingerprint density at radius 3 is 2.24 bits per heavy atom. The lowest BCUT2D eigenvalue weighted by Crippen LogP contribution is -2.48. The van der Waals surface area contributed by atoms with Crippen LogP contribution in [-0.2, 0) is 13.1 Å². The zero-order chi connectivity index (χ0) is 25.6. The minimum absolute atomic E-state index is 0.0547. The molecule has 5 rings (SSSR count). The number of para-hydroxylation sites is 1. The van der Waals surface area contributed by atoms with Crippen molar-refractivity contribution >= 4 is 11.6 Å². The third-order valence-electron chi connectivity index (χ3n) is 7.17. The summed E-state index contributed by atoms with van der Waals surface area (Å²) in [5.41, 5.74) is 2.74. The highest BCUT2D eigenvalue weighted by molar-refractivity contribution is 5.92. The van der Waals surface area contributed by atoms with Crippen LogP contribution in [0.15, 0.2) is 59.2 Å². The molecule has 1 aromatic heterocycles. The van der Waals surface area contributed by atoms with Gasteiger partial charge in [0.25, 0.3) is 5.91 Å².